The van der Waals surface area contributed by atoms with Gasteiger partial charge < -0.3 is 4.90 Å². The Hall–Kier alpha value is -1.35. The predicted octanol–water partition coefficient (Wildman–Crippen LogP) is 3.33. The Balaban J connectivity index is 1.94. The molecule has 1 aliphatic heterocycles. The number of unbranched alkanes of at least 4 members (excludes halogenated alkanes) is 1. The van der Waals surface area contributed by atoms with Crippen LogP contribution in [0.4, 0.5) is 0 Å². The molecule has 1 saturated heterocycles. The van der Waals surface area contributed by atoms with Gasteiger partial charge in [-0.15, -0.1) is 0 Å². The number of nitrogens with zero attached hydrogens (tertiary/aromatic N) is 1. The quantitative estimate of drug-likeness (QED) is 0.827. The normalized spacial score (nSPS) is 20.4. The zero-order valence-corrected chi connectivity index (χ0v) is 12.6. The first-order valence-corrected chi connectivity index (χ1v) is 7.83. The fourth-order valence-corrected chi connectivity index (χ4v) is 2.84. The van der Waals surface area contributed by atoms with Gasteiger partial charge in [-0.1, -0.05) is 63.4 Å². The van der Waals surface area contributed by atoms with E-state index in [0.29, 0.717) is 12.6 Å². The molecule has 0 bridgehead atoms. The molecule has 0 radical (unpaired) electrons. The van der Waals surface area contributed by atoms with Gasteiger partial charge in [0.05, 0.1) is 6.67 Å². The molecule has 1 N–H and O–H groups in total. The van der Waals surface area contributed by atoms with Gasteiger partial charge >= 0.3 is 0 Å². The fraction of sp³-hybridized carbons (Fsp3) is 0.588. The molecular formula is C17H26N2O. The summed E-state index contributed by atoms with van der Waals surface area (Å²) in [7, 11) is 0. The van der Waals surface area contributed by atoms with Crippen LogP contribution in [-0.2, 0) is 4.79 Å². The number of hydrogen-bond acceptors (Lipinski definition) is 2. The lowest BCUT2D eigenvalue weighted by atomic mass is 9.98. The van der Waals surface area contributed by atoms with E-state index in [-0.39, 0.29) is 11.9 Å². The molecule has 0 aliphatic carbocycles. The second kappa shape index (κ2) is 7.44. The second-order valence-electron chi connectivity index (χ2n) is 5.68. The van der Waals surface area contributed by atoms with E-state index in [0.717, 1.165) is 18.5 Å². The zero-order valence-electron chi connectivity index (χ0n) is 12.6. The van der Waals surface area contributed by atoms with Crippen molar-refractivity contribution >= 4 is 5.91 Å². The van der Waals surface area contributed by atoms with Crippen LogP contribution in [0, 0.1) is 5.92 Å². The van der Waals surface area contributed by atoms with Crippen LogP contribution in [0.15, 0.2) is 30.3 Å². The topological polar surface area (TPSA) is 32.3 Å². The molecule has 0 saturated carbocycles. The van der Waals surface area contributed by atoms with Crippen molar-refractivity contribution in [2.24, 2.45) is 5.92 Å². The van der Waals surface area contributed by atoms with Crippen molar-refractivity contribution in [3.05, 3.63) is 35.9 Å². The molecule has 1 fully saturated rings. The van der Waals surface area contributed by atoms with Gasteiger partial charge in [-0.25, -0.2) is 0 Å². The number of benzene rings is 1. The van der Waals surface area contributed by atoms with E-state index in [1.165, 1.54) is 19.3 Å². The minimum absolute atomic E-state index is 0.153. The molecule has 1 amide bonds. The Labute approximate surface area is 122 Å². The van der Waals surface area contributed by atoms with Crippen LogP contribution < -0.4 is 5.32 Å². The van der Waals surface area contributed by atoms with Crippen molar-refractivity contribution in [1.82, 2.24) is 10.2 Å². The summed E-state index contributed by atoms with van der Waals surface area (Å²) in [5.74, 6) is 0.862. The standard InChI is InChI=1S/C17H26N2O/c1-3-5-9-14(4-2)12-19-13-18-16(17(19)20)15-10-7-6-8-11-15/h6-8,10-11,14,16,18H,3-5,9,12-13H2,1-2H3. The Kier molecular flexibility index (Phi) is 5.60. The van der Waals surface area contributed by atoms with Gasteiger partial charge in [0.25, 0.3) is 0 Å². The maximum Gasteiger partial charge on any atom is 0.245 e. The molecular weight excluding hydrogens is 248 g/mol. The monoisotopic (exact) mass is 274 g/mol. The first-order valence-electron chi connectivity index (χ1n) is 7.83. The maximum absolute atomic E-state index is 12.5. The van der Waals surface area contributed by atoms with Crippen molar-refractivity contribution in [2.75, 3.05) is 13.2 Å². The molecule has 2 unspecified atom stereocenters. The molecule has 3 heteroatoms. The number of carbonyl (C=O) groups is 1. The summed E-state index contributed by atoms with van der Waals surface area (Å²) in [4.78, 5) is 14.5. The van der Waals surface area contributed by atoms with E-state index in [9.17, 15) is 4.79 Å². The lowest BCUT2D eigenvalue weighted by Crippen LogP contribution is -2.32. The smallest absolute Gasteiger partial charge is 0.245 e. The third kappa shape index (κ3) is 3.60. The SMILES string of the molecule is CCCCC(CC)CN1CNC(c2ccccc2)C1=O. The van der Waals surface area contributed by atoms with E-state index in [1.807, 2.05) is 35.2 Å². The summed E-state index contributed by atoms with van der Waals surface area (Å²) in [5, 5.41) is 3.33. The van der Waals surface area contributed by atoms with Gasteiger partial charge in [-0.05, 0) is 17.9 Å². The number of carbonyl (C=O) groups excluding carboxylic acids is 1. The first kappa shape index (κ1) is 15.0. The van der Waals surface area contributed by atoms with Gasteiger partial charge in [-0.2, -0.15) is 0 Å². The largest absolute Gasteiger partial charge is 0.328 e. The molecule has 110 valence electrons. The van der Waals surface area contributed by atoms with Gasteiger partial charge in [0.15, 0.2) is 0 Å². The molecule has 0 aromatic heterocycles. The Morgan fingerprint density at radius 3 is 2.70 bits per heavy atom. The molecule has 1 heterocycles. The lowest BCUT2D eigenvalue weighted by molar-refractivity contribution is -0.129. The van der Waals surface area contributed by atoms with E-state index >= 15 is 0 Å². The van der Waals surface area contributed by atoms with E-state index in [2.05, 4.69) is 19.2 Å². The third-order valence-corrected chi connectivity index (χ3v) is 4.20. The van der Waals surface area contributed by atoms with Crippen LogP contribution in [0.3, 0.4) is 0 Å². The summed E-state index contributed by atoms with van der Waals surface area (Å²) in [5.41, 5.74) is 1.07. The molecule has 2 atom stereocenters. The fourth-order valence-electron chi connectivity index (χ4n) is 2.84. The van der Waals surface area contributed by atoms with Crippen molar-refractivity contribution in [3.8, 4) is 0 Å². The molecule has 2 rings (SSSR count). The van der Waals surface area contributed by atoms with Crippen LogP contribution >= 0.6 is 0 Å². The summed E-state index contributed by atoms with van der Waals surface area (Å²) < 4.78 is 0. The summed E-state index contributed by atoms with van der Waals surface area (Å²) >= 11 is 0. The highest BCUT2D eigenvalue weighted by molar-refractivity contribution is 5.85. The highest BCUT2D eigenvalue weighted by Crippen LogP contribution is 2.23. The van der Waals surface area contributed by atoms with Crippen LogP contribution in [0.25, 0.3) is 0 Å². The first-order chi connectivity index (χ1) is 9.76. The molecule has 20 heavy (non-hydrogen) atoms. The van der Waals surface area contributed by atoms with Crippen molar-refractivity contribution < 1.29 is 4.79 Å². The Morgan fingerprint density at radius 1 is 1.30 bits per heavy atom. The van der Waals surface area contributed by atoms with Crippen LogP contribution in [0.5, 0.6) is 0 Å². The van der Waals surface area contributed by atoms with Crippen LogP contribution in [-0.4, -0.2) is 24.0 Å². The summed E-state index contributed by atoms with van der Waals surface area (Å²) in [6.45, 7) is 6.02. The second-order valence-corrected chi connectivity index (χ2v) is 5.68. The zero-order chi connectivity index (χ0) is 14.4. The van der Waals surface area contributed by atoms with Gasteiger partial charge in [0, 0.05) is 6.54 Å². The molecule has 1 aromatic carbocycles. The lowest BCUT2D eigenvalue weighted by Gasteiger charge is -2.22. The maximum atomic E-state index is 12.5. The highest BCUT2D eigenvalue weighted by Gasteiger charge is 2.32. The third-order valence-electron chi connectivity index (χ3n) is 4.20. The van der Waals surface area contributed by atoms with Gasteiger partial charge in [0.2, 0.25) is 5.91 Å². The average molecular weight is 274 g/mol. The van der Waals surface area contributed by atoms with Crippen LogP contribution in [0.2, 0.25) is 0 Å². The Bertz CT molecular complexity index is 418. The summed E-state index contributed by atoms with van der Waals surface area (Å²) in [6, 6.07) is 9.85. The minimum atomic E-state index is -0.153. The number of amides is 1. The van der Waals surface area contributed by atoms with Crippen LogP contribution in [0.1, 0.15) is 51.1 Å². The highest BCUT2D eigenvalue weighted by atomic mass is 16.2. The number of hydrogen-bond donors (Lipinski definition) is 1. The number of nitrogens with one attached hydrogen (secondary N) is 1. The average Bonchev–Trinajstić information content (AvgIpc) is 2.85. The minimum Gasteiger partial charge on any atom is -0.328 e. The van der Waals surface area contributed by atoms with Crippen molar-refractivity contribution in [2.45, 2.75) is 45.6 Å². The van der Waals surface area contributed by atoms with E-state index in [1.54, 1.807) is 0 Å². The van der Waals surface area contributed by atoms with E-state index in [4.69, 9.17) is 0 Å². The molecule has 1 aromatic rings. The van der Waals surface area contributed by atoms with Crippen molar-refractivity contribution in [1.29, 1.82) is 0 Å². The van der Waals surface area contributed by atoms with Gasteiger partial charge in [-0.3, -0.25) is 10.1 Å². The Morgan fingerprint density at radius 2 is 2.05 bits per heavy atom. The van der Waals surface area contributed by atoms with Gasteiger partial charge in [0.1, 0.15) is 6.04 Å². The summed E-state index contributed by atoms with van der Waals surface area (Å²) in [6.07, 6.45) is 4.87. The van der Waals surface area contributed by atoms with Crippen molar-refractivity contribution in [3.63, 3.8) is 0 Å². The predicted molar refractivity (Wildman–Crippen MR) is 82.2 cm³/mol. The number of rotatable bonds is 7. The molecule has 0 spiro atoms. The molecule has 3 nitrogen and oxygen atoms in total. The molecule has 1 aliphatic rings. The van der Waals surface area contributed by atoms with E-state index < -0.39 is 0 Å².